The van der Waals surface area contributed by atoms with Crippen molar-refractivity contribution in [3.8, 4) is 0 Å². The Bertz CT molecular complexity index is 471. The quantitative estimate of drug-likeness (QED) is 0.617. The number of benzene rings is 1. The van der Waals surface area contributed by atoms with Gasteiger partial charge < -0.3 is 0 Å². The monoisotopic (exact) mass is 174 g/mol. The minimum atomic E-state index is 0.646. The summed E-state index contributed by atoms with van der Waals surface area (Å²) in [4.78, 5) is 10.8. The van der Waals surface area contributed by atoms with Crippen LogP contribution in [0, 0.1) is 6.92 Å². The number of aryl methyl sites for hydroxylation is 2. The second kappa shape index (κ2) is 2.69. The summed E-state index contributed by atoms with van der Waals surface area (Å²) in [6.07, 6.45) is 0.850. The molecule has 0 bridgehead atoms. The third-order valence-electron chi connectivity index (χ3n) is 2.22. The molecular formula is C10H10N2O. The van der Waals surface area contributed by atoms with Crippen molar-refractivity contribution in [2.24, 2.45) is 7.05 Å². The van der Waals surface area contributed by atoms with Crippen LogP contribution in [-0.4, -0.2) is 16.1 Å². The predicted octanol–water partition coefficient (Wildman–Crippen LogP) is 1.69. The first-order valence-electron chi connectivity index (χ1n) is 4.11. The number of hydrogen-bond acceptors (Lipinski definition) is 2. The highest BCUT2D eigenvalue weighted by atomic mass is 16.1. The number of hydrogen-bond donors (Lipinski definition) is 0. The van der Waals surface area contributed by atoms with Gasteiger partial charge in [0.15, 0.2) is 6.29 Å². The van der Waals surface area contributed by atoms with Crippen LogP contribution in [0.4, 0.5) is 0 Å². The molecule has 0 aliphatic heterocycles. The highest BCUT2D eigenvalue weighted by Gasteiger charge is 2.08. The number of aromatic nitrogens is 2. The van der Waals surface area contributed by atoms with Gasteiger partial charge in [0.25, 0.3) is 0 Å². The number of aldehydes is 1. The molecule has 0 atom stereocenters. The van der Waals surface area contributed by atoms with Gasteiger partial charge in [0.05, 0.1) is 5.52 Å². The average molecular weight is 174 g/mol. The van der Waals surface area contributed by atoms with Crippen molar-refractivity contribution in [2.75, 3.05) is 0 Å². The third-order valence-corrected chi connectivity index (χ3v) is 2.22. The lowest BCUT2D eigenvalue weighted by Crippen LogP contribution is -1.95. The molecule has 0 N–H and O–H groups in total. The highest BCUT2D eigenvalue weighted by molar-refractivity contribution is 5.97. The van der Waals surface area contributed by atoms with Crippen molar-refractivity contribution in [3.63, 3.8) is 0 Å². The van der Waals surface area contributed by atoms with Crippen LogP contribution in [-0.2, 0) is 7.05 Å². The van der Waals surface area contributed by atoms with Crippen molar-refractivity contribution in [3.05, 3.63) is 29.5 Å². The second-order valence-electron chi connectivity index (χ2n) is 3.10. The Morgan fingerprint density at radius 2 is 2.23 bits per heavy atom. The van der Waals surface area contributed by atoms with Crippen molar-refractivity contribution in [1.82, 2.24) is 9.78 Å². The zero-order valence-electron chi connectivity index (χ0n) is 7.61. The standard InChI is InChI=1S/C10H10N2O/c1-7-4-3-5-8-10(7)9(6-13)12(2)11-8/h3-6H,1-2H3. The van der Waals surface area contributed by atoms with E-state index in [2.05, 4.69) is 5.10 Å². The van der Waals surface area contributed by atoms with Crippen LogP contribution in [0.2, 0.25) is 0 Å². The Morgan fingerprint density at radius 3 is 2.92 bits per heavy atom. The SMILES string of the molecule is Cc1cccc2nn(C)c(C=O)c12. The average Bonchev–Trinajstić information content (AvgIpc) is 2.42. The molecule has 0 unspecified atom stereocenters. The normalized spacial score (nSPS) is 10.6. The molecule has 1 heterocycles. The van der Waals surface area contributed by atoms with E-state index in [0.717, 1.165) is 22.8 Å². The van der Waals surface area contributed by atoms with E-state index in [1.54, 1.807) is 11.7 Å². The van der Waals surface area contributed by atoms with Crippen molar-refractivity contribution in [1.29, 1.82) is 0 Å². The molecule has 66 valence electrons. The number of rotatable bonds is 1. The molecule has 13 heavy (non-hydrogen) atoms. The van der Waals surface area contributed by atoms with E-state index < -0.39 is 0 Å². The Hall–Kier alpha value is -1.64. The van der Waals surface area contributed by atoms with Crippen LogP contribution < -0.4 is 0 Å². The summed E-state index contributed by atoms with van der Waals surface area (Å²) >= 11 is 0. The lowest BCUT2D eigenvalue weighted by atomic mass is 10.1. The smallest absolute Gasteiger partial charge is 0.168 e. The molecule has 0 radical (unpaired) electrons. The summed E-state index contributed by atoms with van der Waals surface area (Å²) in [5.74, 6) is 0. The maximum absolute atomic E-state index is 10.8. The lowest BCUT2D eigenvalue weighted by molar-refractivity contribution is 0.111. The summed E-state index contributed by atoms with van der Waals surface area (Å²) in [7, 11) is 1.78. The van der Waals surface area contributed by atoms with Crippen molar-refractivity contribution < 1.29 is 4.79 Å². The van der Waals surface area contributed by atoms with Gasteiger partial charge in [-0.25, -0.2) is 0 Å². The largest absolute Gasteiger partial charge is 0.296 e. The Labute approximate surface area is 76.0 Å². The first kappa shape index (κ1) is 7.98. The maximum Gasteiger partial charge on any atom is 0.168 e. The fraction of sp³-hybridized carbons (Fsp3) is 0.200. The fourth-order valence-corrected chi connectivity index (χ4v) is 1.58. The summed E-state index contributed by atoms with van der Waals surface area (Å²) in [6, 6.07) is 5.84. The predicted molar refractivity (Wildman–Crippen MR) is 50.8 cm³/mol. The van der Waals surface area contributed by atoms with Crippen LogP contribution in [0.5, 0.6) is 0 Å². The molecule has 2 rings (SSSR count). The van der Waals surface area contributed by atoms with E-state index in [1.165, 1.54) is 0 Å². The molecule has 0 saturated carbocycles. The Balaban J connectivity index is 2.96. The number of nitrogens with zero attached hydrogens (tertiary/aromatic N) is 2. The summed E-state index contributed by atoms with van der Waals surface area (Å²) in [5.41, 5.74) is 2.62. The zero-order valence-corrected chi connectivity index (χ0v) is 7.61. The molecule has 0 aliphatic rings. The van der Waals surface area contributed by atoms with Gasteiger partial charge in [-0.2, -0.15) is 5.10 Å². The van der Waals surface area contributed by atoms with Crippen LogP contribution in [0.15, 0.2) is 18.2 Å². The molecule has 0 amide bonds. The van der Waals surface area contributed by atoms with Gasteiger partial charge in [-0.3, -0.25) is 9.48 Å². The van der Waals surface area contributed by atoms with Crippen LogP contribution in [0.3, 0.4) is 0 Å². The van der Waals surface area contributed by atoms with Gasteiger partial charge >= 0.3 is 0 Å². The topological polar surface area (TPSA) is 34.9 Å². The van der Waals surface area contributed by atoms with Gasteiger partial charge in [-0.05, 0) is 18.6 Å². The van der Waals surface area contributed by atoms with Crippen LogP contribution >= 0.6 is 0 Å². The molecule has 0 fully saturated rings. The Kier molecular flexibility index (Phi) is 1.65. The lowest BCUT2D eigenvalue weighted by Gasteiger charge is -1.94. The van der Waals surface area contributed by atoms with Gasteiger partial charge in [0.2, 0.25) is 0 Å². The highest BCUT2D eigenvalue weighted by Crippen LogP contribution is 2.19. The zero-order chi connectivity index (χ0) is 9.42. The van der Waals surface area contributed by atoms with Crippen LogP contribution in [0.25, 0.3) is 10.9 Å². The van der Waals surface area contributed by atoms with Gasteiger partial charge in [0, 0.05) is 12.4 Å². The molecule has 3 nitrogen and oxygen atoms in total. The molecule has 1 aromatic heterocycles. The summed E-state index contributed by atoms with van der Waals surface area (Å²) < 4.78 is 1.62. The molecule has 0 saturated heterocycles. The minimum Gasteiger partial charge on any atom is -0.296 e. The molecule has 2 aromatic rings. The molecule has 0 aliphatic carbocycles. The molecule has 1 aromatic carbocycles. The van der Waals surface area contributed by atoms with E-state index in [9.17, 15) is 4.79 Å². The summed E-state index contributed by atoms with van der Waals surface area (Å²) in [5, 5.41) is 5.19. The van der Waals surface area contributed by atoms with E-state index >= 15 is 0 Å². The maximum atomic E-state index is 10.8. The van der Waals surface area contributed by atoms with E-state index in [-0.39, 0.29) is 0 Å². The van der Waals surface area contributed by atoms with Gasteiger partial charge in [-0.15, -0.1) is 0 Å². The van der Waals surface area contributed by atoms with E-state index in [4.69, 9.17) is 0 Å². The fourth-order valence-electron chi connectivity index (χ4n) is 1.58. The third kappa shape index (κ3) is 1.04. The Morgan fingerprint density at radius 1 is 1.46 bits per heavy atom. The van der Waals surface area contributed by atoms with Crippen LogP contribution in [0.1, 0.15) is 16.1 Å². The molecule has 0 spiro atoms. The van der Waals surface area contributed by atoms with Crippen molar-refractivity contribution >= 4 is 17.2 Å². The van der Waals surface area contributed by atoms with Crippen molar-refractivity contribution in [2.45, 2.75) is 6.92 Å². The van der Waals surface area contributed by atoms with E-state index in [1.807, 2.05) is 25.1 Å². The van der Waals surface area contributed by atoms with Gasteiger partial charge in [0.1, 0.15) is 5.69 Å². The summed E-state index contributed by atoms with van der Waals surface area (Å²) in [6.45, 7) is 1.98. The van der Waals surface area contributed by atoms with E-state index in [0.29, 0.717) is 5.69 Å². The molecule has 3 heteroatoms. The van der Waals surface area contributed by atoms with Gasteiger partial charge in [-0.1, -0.05) is 12.1 Å². The minimum absolute atomic E-state index is 0.646. The molecular weight excluding hydrogens is 164 g/mol. The number of carbonyl (C=O) groups is 1. The number of fused-ring (bicyclic) bond motifs is 1. The number of carbonyl (C=O) groups excluding carboxylic acids is 1. The second-order valence-corrected chi connectivity index (χ2v) is 3.10. The first-order valence-corrected chi connectivity index (χ1v) is 4.11. The first-order chi connectivity index (χ1) is 6.24.